The summed E-state index contributed by atoms with van der Waals surface area (Å²) in [5.74, 6) is 0.605. The Bertz CT molecular complexity index is 770. The van der Waals surface area contributed by atoms with E-state index >= 15 is 0 Å². The fourth-order valence-corrected chi connectivity index (χ4v) is 3.34. The Balaban J connectivity index is 2.40. The van der Waals surface area contributed by atoms with Gasteiger partial charge in [-0.25, -0.2) is 0 Å². The summed E-state index contributed by atoms with van der Waals surface area (Å²) in [6.45, 7) is 4.10. The molecule has 1 unspecified atom stereocenters. The van der Waals surface area contributed by atoms with E-state index in [0.29, 0.717) is 17.9 Å². The van der Waals surface area contributed by atoms with Gasteiger partial charge in [0, 0.05) is 5.69 Å². The third-order valence-electron chi connectivity index (χ3n) is 4.38. The molecule has 3 rings (SSSR count). The van der Waals surface area contributed by atoms with Crippen LogP contribution in [0.5, 0.6) is 5.88 Å². The fraction of sp³-hybridized carbons (Fsp3) is 0.294. The van der Waals surface area contributed by atoms with Gasteiger partial charge >= 0.3 is 0 Å². The average molecular weight is 294 g/mol. The summed E-state index contributed by atoms with van der Waals surface area (Å²) in [6, 6.07) is 12.2. The second-order valence-corrected chi connectivity index (χ2v) is 5.31. The predicted octanol–water partition coefficient (Wildman–Crippen LogP) is 2.75. The van der Waals surface area contributed by atoms with Crippen molar-refractivity contribution in [2.75, 3.05) is 0 Å². The summed E-state index contributed by atoms with van der Waals surface area (Å²) in [4.78, 5) is 0. The van der Waals surface area contributed by atoms with Gasteiger partial charge in [0.2, 0.25) is 11.8 Å². The van der Waals surface area contributed by atoms with Crippen LogP contribution in [0.3, 0.4) is 0 Å². The number of ether oxygens (including phenoxy) is 1. The van der Waals surface area contributed by atoms with Crippen molar-refractivity contribution in [1.82, 2.24) is 10.2 Å². The number of allylic oxidation sites excluding steroid dienone is 1. The Labute approximate surface area is 129 Å². The van der Waals surface area contributed by atoms with E-state index in [0.717, 1.165) is 23.2 Å². The highest BCUT2D eigenvalue weighted by molar-refractivity contribution is 5.60. The van der Waals surface area contributed by atoms with Crippen molar-refractivity contribution >= 4 is 0 Å². The summed E-state index contributed by atoms with van der Waals surface area (Å²) >= 11 is 0. The molecule has 1 atom stereocenters. The molecule has 1 aliphatic rings. The lowest BCUT2D eigenvalue weighted by molar-refractivity contribution is 0.353. The Morgan fingerprint density at radius 1 is 1.32 bits per heavy atom. The molecule has 1 aromatic carbocycles. The van der Waals surface area contributed by atoms with Gasteiger partial charge in [0.15, 0.2) is 0 Å². The molecule has 2 aromatic rings. The molecule has 0 amide bonds. The van der Waals surface area contributed by atoms with Crippen molar-refractivity contribution in [2.24, 2.45) is 5.73 Å². The third-order valence-corrected chi connectivity index (χ3v) is 4.38. The highest BCUT2D eigenvalue weighted by atomic mass is 16.5. The quantitative estimate of drug-likeness (QED) is 0.911. The van der Waals surface area contributed by atoms with Crippen molar-refractivity contribution in [3.05, 3.63) is 58.6 Å². The zero-order chi connectivity index (χ0) is 15.7. The van der Waals surface area contributed by atoms with Gasteiger partial charge in [-0.15, -0.1) is 5.10 Å². The number of hydrogen-bond acceptors (Lipinski definition) is 4. The second kappa shape index (κ2) is 5.23. The van der Waals surface area contributed by atoms with Crippen LogP contribution in [0.15, 0.2) is 41.8 Å². The van der Waals surface area contributed by atoms with Crippen molar-refractivity contribution in [3.8, 4) is 11.9 Å². The normalized spacial score (nSPS) is 20.2. The molecular weight excluding hydrogens is 276 g/mol. The maximum absolute atomic E-state index is 9.72. The minimum Gasteiger partial charge on any atom is -0.420 e. The molecule has 0 saturated heterocycles. The van der Waals surface area contributed by atoms with Crippen LogP contribution < -0.4 is 10.5 Å². The van der Waals surface area contributed by atoms with E-state index in [1.165, 1.54) is 0 Å². The zero-order valence-corrected chi connectivity index (χ0v) is 12.7. The van der Waals surface area contributed by atoms with Crippen LogP contribution in [0.1, 0.15) is 37.1 Å². The van der Waals surface area contributed by atoms with E-state index in [1.54, 1.807) is 0 Å². The first-order chi connectivity index (χ1) is 10.7. The predicted molar refractivity (Wildman–Crippen MR) is 82.9 cm³/mol. The lowest BCUT2D eigenvalue weighted by atomic mass is 9.66. The molecule has 0 bridgehead atoms. The molecule has 3 N–H and O–H groups in total. The number of nitriles is 1. The van der Waals surface area contributed by atoms with Gasteiger partial charge in [-0.1, -0.05) is 44.2 Å². The number of benzene rings is 1. The SMILES string of the molecule is CCc1[nH]nc2c1C(CC)(c1ccccc1)C(C#N)=C(N)O2. The zero-order valence-electron chi connectivity index (χ0n) is 12.7. The van der Waals surface area contributed by atoms with E-state index in [2.05, 4.69) is 23.2 Å². The lowest BCUT2D eigenvalue weighted by Gasteiger charge is -2.36. The molecule has 22 heavy (non-hydrogen) atoms. The summed E-state index contributed by atoms with van der Waals surface area (Å²) in [5, 5.41) is 17.0. The summed E-state index contributed by atoms with van der Waals surface area (Å²) in [7, 11) is 0. The molecule has 0 spiro atoms. The van der Waals surface area contributed by atoms with E-state index in [-0.39, 0.29) is 5.88 Å². The minimum atomic E-state index is -0.619. The molecule has 0 aliphatic carbocycles. The summed E-state index contributed by atoms with van der Waals surface area (Å²) in [5.41, 5.74) is 8.78. The maximum Gasteiger partial charge on any atom is 0.244 e. The molecule has 0 radical (unpaired) electrons. The highest BCUT2D eigenvalue weighted by Crippen LogP contribution is 2.50. The first-order valence-electron chi connectivity index (χ1n) is 7.40. The van der Waals surface area contributed by atoms with Gasteiger partial charge in [0.25, 0.3) is 0 Å². The van der Waals surface area contributed by atoms with Crippen molar-refractivity contribution in [1.29, 1.82) is 5.26 Å². The Hall–Kier alpha value is -2.74. The van der Waals surface area contributed by atoms with Gasteiger partial charge in [-0.3, -0.25) is 5.10 Å². The van der Waals surface area contributed by atoms with Crippen molar-refractivity contribution < 1.29 is 4.74 Å². The highest BCUT2D eigenvalue weighted by Gasteiger charge is 2.47. The maximum atomic E-state index is 9.72. The molecule has 0 fully saturated rings. The first kappa shape index (κ1) is 14.2. The number of aromatic nitrogens is 2. The van der Waals surface area contributed by atoms with Crippen molar-refractivity contribution in [2.45, 2.75) is 32.1 Å². The van der Waals surface area contributed by atoms with Crippen LogP contribution in [0, 0.1) is 11.3 Å². The molecule has 112 valence electrons. The Kier molecular flexibility index (Phi) is 3.38. The number of hydrogen-bond donors (Lipinski definition) is 2. The van der Waals surface area contributed by atoms with Gasteiger partial charge in [-0.2, -0.15) is 5.26 Å². The van der Waals surface area contributed by atoms with Gasteiger partial charge in [0.1, 0.15) is 11.6 Å². The average Bonchev–Trinajstić information content (AvgIpc) is 2.97. The minimum absolute atomic E-state index is 0.134. The number of aryl methyl sites for hydroxylation is 1. The molecular formula is C17H18N4O. The monoisotopic (exact) mass is 294 g/mol. The Morgan fingerprint density at radius 2 is 2.05 bits per heavy atom. The van der Waals surface area contributed by atoms with Crippen LogP contribution in [-0.4, -0.2) is 10.2 Å². The lowest BCUT2D eigenvalue weighted by Crippen LogP contribution is -2.36. The standard InChI is InChI=1S/C17H18N4O/c1-3-13-14-16(21-20-13)22-15(19)12(10-18)17(14,4-2)11-8-6-5-7-9-11/h5-9H,3-4,19H2,1-2H3,(H,20,21). The van der Waals surface area contributed by atoms with Gasteiger partial charge in [-0.05, 0) is 18.4 Å². The van der Waals surface area contributed by atoms with Crippen LogP contribution in [0.4, 0.5) is 0 Å². The smallest absolute Gasteiger partial charge is 0.244 e. The van der Waals surface area contributed by atoms with Gasteiger partial charge in [0.05, 0.1) is 11.0 Å². The van der Waals surface area contributed by atoms with Crippen LogP contribution in [-0.2, 0) is 11.8 Å². The van der Waals surface area contributed by atoms with Crippen LogP contribution in [0.2, 0.25) is 0 Å². The molecule has 2 heterocycles. The number of nitrogens with one attached hydrogen (secondary N) is 1. The first-order valence-corrected chi connectivity index (χ1v) is 7.40. The van der Waals surface area contributed by atoms with Gasteiger partial charge < -0.3 is 10.5 Å². The van der Waals surface area contributed by atoms with E-state index in [1.807, 2.05) is 37.3 Å². The van der Waals surface area contributed by atoms with E-state index < -0.39 is 5.41 Å². The number of fused-ring (bicyclic) bond motifs is 1. The van der Waals surface area contributed by atoms with Crippen LogP contribution >= 0.6 is 0 Å². The number of nitrogens with two attached hydrogens (primary N) is 1. The second-order valence-electron chi connectivity index (χ2n) is 5.31. The Morgan fingerprint density at radius 3 is 2.64 bits per heavy atom. The van der Waals surface area contributed by atoms with E-state index in [4.69, 9.17) is 10.5 Å². The van der Waals surface area contributed by atoms with Crippen LogP contribution in [0.25, 0.3) is 0 Å². The largest absolute Gasteiger partial charge is 0.420 e. The summed E-state index contributed by atoms with van der Waals surface area (Å²) < 4.78 is 5.59. The number of nitrogens with zero attached hydrogens (tertiary/aromatic N) is 2. The third kappa shape index (κ3) is 1.74. The topological polar surface area (TPSA) is 87.7 Å². The molecule has 5 nitrogen and oxygen atoms in total. The van der Waals surface area contributed by atoms with Crippen molar-refractivity contribution in [3.63, 3.8) is 0 Å². The number of rotatable bonds is 3. The van der Waals surface area contributed by atoms with E-state index in [9.17, 15) is 5.26 Å². The number of aromatic amines is 1. The fourth-order valence-electron chi connectivity index (χ4n) is 3.34. The molecule has 0 saturated carbocycles. The molecule has 1 aromatic heterocycles. The summed E-state index contributed by atoms with van der Waals surface area (Å²) in [6.07, 6.45) is 1.47. The molecule has 1 aliphatic heterocycles. The number of H-pyrrole nitrogens is 1. The molecule has 5 heteroatoms.